The second-order valence-corrected chi connectivity index (χ2v) is 10.8. The third-order valence-corrected chi connectivity index (χ3v) is 9.25. The molecule has 1 aliphatic carbocycles. The van der Waals surface area contributed by atoms with Crippen LogP contribution in [0.2, 0.25) is 0 Å². The number of carbonyl (C=O) groups is 2. The van der Waals surface area contributed by atoms with Gasteiger partial charge in [0.25, 0.3) is 0 Å². The molecule has 2 aromatic rings. The number of hydrogen-bond donors (Lipinski definition) is 2. The van der Waals surface area contributed by atoms with Gasteiger partial charge < -0.3 is 10.6 Å². The number of nitrogens with one attached hydrogen (secondary N) is 2. The minimum absolute atomic E-state index is 0.0277. The molecule has 6 nitrogen and oxygen atoms in total. The van der Waals surface area contributed by atoms with Crippen molar-refractivity contribution in [1.29, 1.82) is 0 Å². The van der Waals surface area contributed by atoms with Crippen molar-refractivity contribution in [2.75, 3.05) is 6.54 Å². The Morgan fingerprint density at radius 1 is 1.04 bits per heavy atom. The van der Waals surface area contributed by atoms with Crippen molar-refractivity contribution in [2.24, 2.45) is 0 Å². The zero-order chi connectivity index (χ0) is 19.3. The van der Waals surface area contributed by atoms with Crippen LogP contribution in [0, 0.1) is 0 Å². The third-order valence-electron chi connectivity index (χ3n) is 4.61. The molecule has 0 spiro atoms. The predicted octanol–water partition coefficient (Wildman–Crippen LogP) is 2.89. The number of thiophene rings is 2. The first-order valence-corrected chi connectivity index (χ1v) is 12.2. The number of hydrogen-bond acceptors (Lipinski definition) is 6. The average molecular weight is 427 g/mol. The fraction of sp³-hybridized carbons (Fsp3) is 0.444. The van der Waals surface area contributed by atoms with E-state index >= 15 is 0 Å². The highest BCUT2D eigenvalue weighted by Crippen LogP contribution is 2.33. The maximum Gasteiger partial charge on any atom is 0.309 e. The molecular formula is C18H22N2O4S3. The molecule has 0 radical (unpaired) electrons. The Morgan fingerprint density at radius 3 is 2.37 bits per heavy atom. The van der Waals surface area contributed by atoms with Gasteiger partial charge in [-0.1, -0.05) is 31.4 Å². The lowest BCUT2D eigenvalue weighted by atomic mass is 9.95. The maximum absolute atomic E-state index is 13.0. The van der Waals surface area contributed by atoms with Gasteiger partial charge in [-0.25, -0.2) is 8.42 Å². The van der Waals surface area contributed by atoms with Crippen LogP contribution in [-0.4, -0.2) is 32.8 Å². The van der Waals surface area contributed by atoms with Crippen molar-refractivity contribution in [3.05, 3.63) is 39.9 Å². The lowest BCUT2D eigenvalue weighted by Crippen LogP contribution is -2.46. The minimum Gasteiger partial charge on any atom is -0.346 e. The first-order chi connectivity index (χ1) is 13.0. The van der Waals surface area contributed by atoms with E-state index in [1.807, 2.05) is 0 Å². The van der Waals surface area contributed by atoms with Crippen LogP contribution < -0.4 is 10.6 Å². The number of carbonyl (C=O) groups excluding carboxylic acids is 2. The van der Waals surface area contributed by atoms with Crippen molar-refractivity contribution in [2.45, 2.75) is 47.6 Å². The quantitative estimate of drug-likeness (QED) is 0.695. The summed E-state index contributed by atoms with van der Waals surface area (Å²) in [4.78, 5) is 24.9. The molecule has 2 aromatic heterocycles. The van der Waals surface area contributed by atoms with Gasteiger partial charge >= 0.3 is 11.8 Å². The van der Waals surface area contributed by atoms with Gasteiger partial charge in [0.2, 0.25) is 0 Å². The first kappa shape index (κ1) is 20.0. The van der Waals surface area contributed by atoms with Crippen LogP contribution in [0.25, 0.3) is 0 Å². The van der Waals surface area contributed by atoms with Crippen LogP contribution in [0.15, 0.2) is 39.2 Å². The highest BCUT2D eigenvalue weighted by atomic mass is 32.2. The summed E-state index contributed by atoms with van der Waals surface area (Å²) in [6.45, 7) is -0.141. The molecule has 1 fully saturated rings. The zero-order valence-electron chi connectivity index (χ0n) is 14.7. The fourth-order valence-electron chi connectivity index (χ4n) is 3.17. The molecule has 146 valence electrons. The highest BCUT2D eigenvalue weighted by Gasteiger charge is 2.32. The summed E-state index contributed by atoms with van der Waals surface area (Å²) in [6, 6.07) is 6.76. The van der Waals surface area contributed by atoms with E-state index in [1.165, 1.54) is 11.3 Å². The van der Waals surface area contributed by atoms with Crippen LogP contribution in [0.1, 0.15) is 42.2 Å². The van der Waals surface area contributed by atoms with Crippen LogP contribution in [-0.2, 0) is 19.4 Å². The van der Waals surface area contributed by atoms with Crippen LogP contribution in [0.3, 0.4) is 0 Å². The maximum atomic E-state index is 13.0. The largest absolute Gasteiger partial charge is 0.346 e. The molecule has 2 amide bonds. The van der Waals surface area contributed by atoms with Gasteiger partial charge in [-0.3, -0.25) is 9.59 Å². The molecule has 0 aromatic carbocycles. The second kappa shape index (κ2) is 8.99. The molecule has 3 rings (SSSR count). The van der Waals surface area contributed by atoms with Crippen molar-refractivity contribution >= 4 is 44.3 Å². The van der Waals surface area contributed by atoms with Crippen LogP contribution in [0.4, 0.5) is 0 Å². The smallest absolute Gasteiger partial charge is 0.309 e. The topological polar surface area (TPSA) is 92.3 Å². The van der Waals surface area contributed by atoms with E-state index in [9.17, 15) is 18.0 Å². The van der Waals surface area contributed by atoms with Crippen molar-refractivity contribution in [3.8, 4) is 0 Å². The Balaban J connectivity index is 1.66. The Kier molecular flexibility index (Phi) is 6.67. The SMILES string of the molecule is O=C(NCC(c1cccs1)S(=O)(=O)c1cccs1)C(=O)NC1CCCCC1. The van der Waals surface area contributed by atoms with E-state index in [4.69, 9.17) is 0 Å². The molecule has 1 unspecified atom stereocenters. The van der Waals surface area contributed by atoms with Gasteiger partial charge in [0.1, 0.15) is 9.46 Å². The van der Waals surface area contributed by atoms with Gasteiger partial charge in [0, 0.05) is 17.5 Å². The van der Waals surface area contributed by atoms with Crippen LogP contribution >= 0.6 is 22.7 Å². The minimum atomic E-state index is -3.65. The summed E-state index contributed by atoms with van der Waals surface area (Å²) < 4.78 is 26.2. The first-order valence-electron chi connectivity index (χ1n) is 8.88. The molecule has 9 heteroatoms. The Labute approximate surface area is 166 Å². The molecule has 1 aliphatic rings. The standard InChI is InChI=1S/C18H22N2O4S3/c21-17(18(22)20-13-6-2-1-3-7-13)19-12-15(14-8-4-10-25-14)27(23,24)16-9-5-11-26-16/h4-5,8-11,13,15H,1-3,6-7,12H2,(H,19,21)(H,20,22). The van der Waals surface area contributed by atoms with Crippen LogP contribution in [0.5, 0.6) is 0 Å². The normalized spacial score (nSPS) is 16.6. The van der Waals surface area contributed by atoms with Crippen molar-refractivity contribution in [1.82, 2.24) is 10.6 Å². The van der Waals surface area contributed by atoms with Gasteiger partial charge in [-0.05, 0) is 35.7 Å². The molecule has 0 bridgehead atoms. The molecule has 2 heterocycles. The average Bonchev–Trinajstić information content (AvgIpc) is 3.36. The zero-order valence-corrected chi connectivity index (χ0v) is 17.2. The van der Waals surface area contributed by atoms with Gasteiger partial charge in [-0.2, -0.15) is 0 Å². The van der Waals surface area contributed by atoms with E-state index in [1.54, 1.807) is 35.0 Å². The van der Waals surface area contributed by atoms with E-state index in [-0.39, 0.29) is 16.8 Å². The summed E-state index contributed by atoms with van der Waals surface area (Å²) in [5, 5.41) is 7.84. The lowest BCUT2D eigenvalue weighted by molar-refractivity contribution is -0.139. The monoisotopic (exact) mass is 426 g/mol. The highest BCUT2D eigenvalue weighted by molar-refractivity contribution is 7.93. The van der Waals surface area contributed by atoms with Gasteiger partial charge in [0.15, 0.2) is 9.84 Å². The second-order valence-electron chi connectivity index (χ2n) is 6.50. The molecule has 0 saturated heterocycles. The number of sulfone groups is 1. The third kappa shape index (κ3) is 4.97. The summed E-state index contributed by atoms with van der Waals surface area (Å²) in [7, 11) is -3.65. The van der Waals surface area contributed by atoms with Crippen molar-refractivity contribution in [3.63, 3.8) is 0 Å². The van der Waals surface area contributed by atoms with E-state index in [2.05, 4.69) is 10.6 Å². The lowest BCUT2D eigenvalue weighted by Gasteiger charge is -2.22. The Hall–Kier alpha value is -1.71. The Bertz CT molecular complexity index is 855. The molecular weight excluding hydrogens is 404 g/mol. The molecule has 27 heavy (non-hydrogen) atoms. The van der Waals surface area contributed by atoms with Gasteiger partial charge in [0.05, 0.1) is 0 Å². The van der Waals surface area contributed by atoms with Gasteiger partial charge in [-0.15, -0.1) is 22.7 Å². The molecule has 1 atom stereocenters. The van der Waals surface area contributed by atoms with E-state index in [0.29, 0.717) is 4.88 Å². The summed E-state index contributed by atoms with van der Waals surface area (Å²) >= 11 is 2.46. The summed E-state index contributed by atoms with van der Waals surface area (Å²) in [6.07, 6.45) is 5.01. The number of rotatable bonds is 6. The van der Waals surface area contributed by atoms with Crippen molar-refractivity contribution < 1.29 is 18.0 Å². The summed E-state index contributed by atoms with van der Waals surface area (Å²) in [5.41, 5.74) is 0. The number of amides is 2. The predicted molar refractivity (Wildman–Crippen MR) is 107 cm³/mol. The summed E-state index contributed by atoms with van der Waals surface area (Å²) in [5.74, 6) is -1.48. The van der Waals surface area contributed by atoms with E-state index in [0.717, 1.165) is 43.4 Å². The fourth-order valence-corrected chi connectivity index (χ4v) is 7.16. The van der Waals surface area contributed by atoms with E-state index < -0.39 is 26.9 Å². The molecule has 0 aliphatic heterocycles. The molecule has 2 N–H and O–H groups in total. The Morgan fingerprint density at radius 2 is 1.74 bits per heavy atom. The molecule has 1 saturated carbocycles.